The second-order valence-corrected chi connectivity index (χ2v) is 8.13. The van der Waals surface area contributed by atoms with E-state index in [1.807, 2.05) is 13.8 Å². The first-order chi connectivity index (χ1) is 16.4. The van der Waals surface area contributed by atoms with Crippen LogP contribution in [-0.4, -0.2) is 33.3 Å². The number of ether oxygens (including phenoxy) is 1. The van der Waals surface area contributed by atoms with Gasteiger partial charge in [-0.15, -0.1) is 0 Å². The topological polar surface area (TPSA) is 79.7 Å². The molecule has 0 radical (unpaired) electrons. The van der Waals surface area contributed by atoms with Gasteiger partial charge in [-0.1, -0.05) is 25.1 Å². The number of carbonyl (C=O) groups excluding carboxylic acids is 2. The van der Waals surface area contributed by atoms with E-state index in [-0.39, 0.29) is 17.9 Å². The summed E-state index contributed by atoms with van der Waals surface area (Å²) < 4.78 is 19.3. The number of likely N-dealkylation sites (tertiary alicyclic amines) is 1. The summed E-state index contributed by atoms with van der Waals surface area (Å²) in [5, 5.41) is 11.2. The van der Waals surface area contributed by atoms with Gasteiger partial charge in [0.15, 0.2) is 0 Å². The molecule has 34 heavy (non-hydrogen) atoms. The molecule has 7 heteroatoms. The van der Waals surface area contributed by atoms with Crippen LogP contribution in [0.3, 0.4) is 0 Å². The molecule has 6 nitrogen and oxygen atoms in total. The van der Waals surface area contributed by atoms with Gasteiger partial charge in [-0.2, -0.15) is 0 Å². The van der Waals surface area contributed by atoms with Crippen molar-refractivity contribution < 1.29 is 23.8 Å². The molecule has 3 aromatic rings. The number of aryl methyl sites for hydroxylation is 1. The largest absolute Gasteiger partial charge is 0.507 e. The van der Waals surface area contributed by atoms with Crippen LogP contribution in [0.4, 0.5) is 4.39 Å². The highest BCUT2D eigenvalue weighted by molar-refractivity contribution is 6.46. The number of ketones is 1. The summed E-state index contributed by atoms with van der Waals surface area (Å²) in [4.78, 5) is 31.8. The molecule has 0 spiro atoms. The van der Waals surface area contributed by atoms with Crippen molar-refractivity contribution in [1.29, 1.82) is 0 Å². The molecule has 1 aromatic heterocycles. The Morgan fingerprint density at radius 3 is 2.53 bits per heavy atom. The van der Waals surface area contributed by atoms with E-state index >= 15 is 0 Å². The summed E-state index contributed by atoms with van der Waals surface area (Å²) in [6.07, 6.45) is 2.46. The Balaban J connectivity index is 1.81. The van der Waals surface area contributed by atoms with E-state index in [0.717, 1.165) is 12.0 Å². The molecule has 0 saturated carbocycles. The van der Waals surface area contributed by atoms with Gasteiger partial charge in [0.25, 0.3) is 11.7 Å². The maximum atomic E-state index is 13.6. The number of aromatic nitrogens is 1. The van der Waals surface area contributed by atoms with Crippen molar-refractivity contribution in [1.82, 2.24) is 9.88 Å². The van der Waals surface area contributed by atoms with Gasteiger partial charge in [-0.3, -0.25) is 14.6 Å². The van der Waals surface area contributed by atoms with Crippen LogP contribution in [0.5, 0.6) is 5.75 Å². The smallest absolute Gasteiger partial charge is 0.296 e. The normalized spacial score (nSPS) is 17.3. The summed E-state index contributed by atoms with van der Waals surface area (Å²) in [5.74, 6) is -1.60. The fourth-order valence-electron chi connectivity index (χ4n) is 4.03. The first kappa shape index (κ1) is 23.2. The number of rotatable bonds is 7. The highest BCUT2D eigenvalue weighted by Gasteiger charge is 2.46. The molecule has 1 saturated heterocycles. The molecule has 174 valence electrons. The predicted octanol–water partition coefficient (Wildman–Crippen LogP) is 4.94. The molecule has 1 fully saturated rings. The number of benzene rings is 2. The Labute approximate surface area is 197 Å². The van der Waals surface area contributed by atoms with E-state index in [0.29, 0.717) is 29.2 Å². The SMILES string of the molecule is CCCOc1ccc(/C(O)=C2/C(=O)C(=O)N(Cc3ccccn3)C2c2ccc(F)cc2)cc1C. The van der Waals surface area contributed by atoms with Crippen molar-refractivity contribution in [2.75, 3.05) is 6.61 Å². The second-order valence-electron chi connectivity index (χ2n) is 8.13. The molecule has 1 N–H and O–H groups in total. The zero-order valence-electron chi connectivity index (χ0n) is 19.0. The fraction of sp³-hybridized carbons (Fsp3) is 0.222. The van der Waals surface area contributed by atoms with E-state index < -0.39 is 23.5 Å². The number of nitrogens with zero attached hydrogens (tertiary/aromatic N) is 2. The summed E-state index contributed by atoms with van der Waals surface area (Å²) >= 11 is 0. The third-order valence-corrected chi connectivity index (χ3v) is 5.69. The van der Waals surface area contributed by atoms with Gasteiger partial charge in [0.05, 0.1) is 30.5 Å². The van der Waals surface area contributed by atoms with Crippen molar-refractivity contribution in [3.63, 3.8) is 0 Å². The molecular formula is C27H25FN2O4. The van der Waals surface area contributed by atoms with Crippen LogP contribution < -0.4 is 4.74 Å². The zero-order chi connectivity index (χ0) is 24.2. The van der Waals surface area contributed by atoms with Crippen LogP contribution in [0.1, 0.15) is 41.8 Å². The number of amides is 1. The molecule has 0 bridgehead atoms. The number of Topliss-reactive ketones (excluding diaryl/α,β-unsaturated/α-hetero) is 1. The number of carbonyl (C=O) groups is 2. The number of hydrogen-bond donors (Lipinski definition) is 1. The van der Waals surface area contributed by atoms with Crippen LogP contribution in [0.25, 0.3) is 5.76 Å². The van der Waals surface area contributed by atoms with Gasteiger partial charge in [0.1, 0.15) is 17.3 Å². The molecule has 4 rings (SSSR count). The predicted molar refractivity (Wildman–Crippen MR) is 125 cm³/mol. The number of aliphatic hydroxyl groups excluding tert-OH is 1. The molecule has 2 aromatic carbocycles. The van der Waals surface area contributed by atoms with Gasteiger partial charge in [0, 0.05) is 11.8 Å². The summed E-state index contributed by atoms with van der Waals surface area (Å²) in [7, 11) is 0. The molecule has 1 atom stereocenters. The van der Waals surface area contributed by atoms with Gasteiger partial charge in [-0.05, 0) is 66.9 Å². The molecule has 1 amide bonds. The lowest BCUT2D eigenvalue weighted by molar-refractivity contribution is -0.140. The maximum absolute atomic E-state index is 13.6. The van der Waals surface area contributed by atoms with Crippen molar-refractivity contribution in [2.45, 2.75) is 32.9 Å². The average Bonchev–Trinajstić information content (AvgIpc) is 3.09. The van der Waals surface area contributed by atoms with Crippen LogP contribution in [0, 0.1) is 12.7 Å². The minimum absolute atomic E-state index is 0.0471. The Bertz CT molecular complexity index is 1240. The number of aliphatic hydroxyl groups is 1. The van der Waals surface area contributed by atoms with E-state index in [2.05, 4.69) is 4.98 Å². The second kappa shape index (κ2) is 9.87. The molecule has 0 aliphatic carbocycles. The van der Waals surface area contributed by atoms with E-state index in [1.165, 1.54) is 29.2 Å². The highest BCUT2D eigenvalue weighted by Crippen LogP contribution is 2.40. The van der Waals surface area contributed by atoms with Gasteiger partial charge in [0.2, 0.25) is 0 Å². The van der Waals surface area contributed by atoms with Crippen LogP contribution in [0.2, 0.25) is 0 Å². The maximum Gasteiger partial charge on any atom is 0.296 e. The van der Waals surface area contributed by atoms with Gasteiger partial charge < -0.3 is 14.7 Å². The van der Waals surface area contributed by atoms with Crippen molar-refractivity contribution in [3.05, 3.63) is 101 Å². The molecular weight excluding hydrogens is 435 g/mol. The zero-order valence-corrected chi connectivity index (χ0v) is 19.0. The molecule has 1 aliphatic heterocycles. The van der Waals surface area contributed by atoms with Crippen LogP contribution in [0.15, 0.2) is 72.4 Å². The van der Waals surface area contributed by atoms with Crippen LogP contribution in [-0.2, 0) is 16.1 Å². The Morgan fingerprint density at radius 1 is 1.12 bits per heavy atom. The minimum Gasteiger partial charge on any atom is -0.507 e. The van der Waals surface area contributed by atoms with Gasteiger partial charge in [-0.25, -0.2) is 4.39 Å². The molecule has 1 aliphatic rings. The molecule has 2 heterocycles. The average molecular weight is 461 g/mol. The van der Waals surface area contributed by atoms with E-state index in [1.54, 1.807) is 42.6 Å². The fourth-order valence-corrected chi connectivity index (χ4v) is 4.03. The van der Waals surface area contributed by atoms with Crippen molar-refractivity contribution in [2.24, 2.45) is 0 Å². The number of halogens is 1. The summed E-state index contributed by atoms with van der Waals surface area (Å²) in [6, 6.07) is 15.1. The van der Waals surface area contributed by atoms with Gasteiger partial charge >= 0.3 is 0 Å². The third-order valence-electron chi connectivity index (χ3n) is 5.69. The Kier molecular flexibility index (Phi) is 6.72. The quantitative estimate of drug-likeness (QED) is 0.307. The Morgan fingerprint density at radius 2 is 1.88 bits per heavy atom. The third kappa shape index (κ3) is 4.55. The molecule has 1 unspecified atom stereocenters. The minimum atomic E-state index is -0.890. The summed E-state index contributed by atoms with van der Waals surface area (Å²) in [5.41, 5.74) is 2.24. The van der Waals surface area contributed by atoms with E-state index in [4.69, 9.17) is 4.74 Å². The lowest BCUT2D eigenvalue weighted by Crippen LogP contribution is -2.29. The standard InChI is InChI=1S/C27H25FN2O4/c1-3-14-34-22-12-9-19(15-17(22)2)25(31)23-24(18-7-10-20(28)11-8-18)30(27(33)26(23)32)16-21-6-4-5-13-29-21/h4-13,15,24,31H,3,14,16H2,1-2H3/b25-23-. The first-order valence-electron chi connectivity index (χ1n) is 11.1. The lowest BCUT2D eigenvalue weighted by atomic mass is 9.94. The van der Waals surface area contributed by atoms with Crippen molar-refractivity contribution in [3.8, 4) is 5.75 Å². The van der Waals surface area contributed by atoms with Crippen LogP contribution >= 0.6 is 0 Å². The number of hydrogen-bond acceptors (Lipinski definition) is 5. The highest BCUT2D eigenvalue weighted by atomic mass is 19.1. The monoisotopic (exact) mass is 460 g/mol. The van der Waals surface area contributed by atoms with Crippen molar-refractivity contribution >= 4 is 17.4 Å². The summed E-state index contributed by atoms with van der Waals surface area (Å²) in [6.45, 7) is 4.48. The first-order valence-corrected chi connectivity index (χ1v) is 11.1. The Hall–Kier alpha value is -4.00. The number of pyridine rings is 1. The van der Waals surface area contributed by atoms with E-state index in [9.17, 15) is 19.1 Å². The lowest BCUT2D eigenvalue weighted by Gasteiger charge is -2.25.